The summed E-state index contributed by atoms with van der Waals surface area (Å²) in [5.41, 5.74) is 2.86. The molecular weight excluding hydrogens is 362 g/mol. The Morgan fingerprint density at radius 3 is 2.72 bits per heavy atom. The van der Waals surface area contributed by atoms with Gasteiger partial charge in [-0.05, 0) is 41.8 Å². The summed E-state index contributed by atoms with van der Waals surface area (Å²) in [6.45, 7) is 3.13. The normalized spacial score (nSPS) is 16.4. The highest BCUT2D eigenvalue weighted by atomic mass is 16.1. The van der Waals surface area contributed by atoms with Gasteiger partial charge in [-0.2, -0.15) is 0 Å². The maximum Gasteiger partial charge on any atom is 0.269 e. The lowest BCUT2D eigenvalue weighted by molar-refractivity contribution is 0.0949. The molecule has 4 rings (SSSR count). The molecule has 2 aromatic heterocycles. The summed E-state index contributed by atoms with van der Waals surface area (Å²) in [6, 6.07) is 20.2. The van der Waals surface area contributed by atoms with Crippen LogP contribution in [0.15, 0.2) is 73.1 Å². The molecular formula is C23H25N5O. The number of pyridine rings is 2. The summed E-state index contributed by atoms with van der Waals surface area (Å²) < 4.78 is 0. The number of carbonyl (C=O) groups excluding carboxylic acids is 1. The van der Waals surface area contributed by atoms with Gasteiger partial charge in [-0.15, -0.1) is 0 Å². The highest BCUT2D eigenvalue weighted by Gasteiger charge is 2.22. The molecule has 2 N–H and O–H groups in total. The molecule has 6 nitrogen and oxygen atoms in total. The molecule has 6 heteroatoms. The minimum atomic E-state index is -0.143. The van der Waals surface area contributed by atoms with E-state index < -0.39 is 0 Å². The van der Waals surface area contributed by atoms with Crippen LogP contribution in [-0.2, 0) is 6.42 Å². The van der Waals surface area contributed by atoms with Crippen LogP contribution in [-0.4, -0.2) is 42.1 Å². The number of nitrogens with zero attached hydrogens (tertiary/aromatic N) is 3. The Labute approximate surface area is 171 Å². The van der Waals surface area contributed by atoms with Crippen molar-refractivity contribution in [1.29, 1.82) is 0 Å². The third-order valence-electron chi connectivity index (χ3n) is 5.12. The lowest BCUT2D eigenvalue weighted by Crippen LogP contribution is -2.46. The summed E-state index contributed by atoms with van der Waals surface area (Å²) in [4.78, 5) is 23.4. The van der Waals surface area contributed by atoms with Crippen molar-refractivity contribution in [2.45, 2.75) is 12.5 Å². The Bertz CT molecular complexity index is 932. The van der Waals surface area contributed by atoms with Crippen molar-refractivity contribution in [3.05, 3.63) is 89.9 Å². The van der Waals surface area contributed by atoms with Crippen molar-refractivity contribution in [2.24, 2.45) is 0 Å². The van der Waals surface area contributed by atoms with Gasteiger partial charge in [0.2, 0.25) is 0 Å². The van der Waals surface area contributed by atoms with Crippen molar-refractivity contribution in [1.82, 2.24) is 20.6 Å². The molecule has 0 aliphatic carbocycles. The minimum absolute atomic E-state index is 0.143. The van der Waals surface area contributed by atoms with Gasteiger partial charge in [-0.3, -0.25) is 9.78 Å². The van der Waals surface area contributed by atoms with E-state index in [4.69, 9.17) is 0 Å². The molecule has 29 heavy (non-hydrogen) atoms. The average Bonchev–Trinajstić information content (AvgIpc) is 2.80. The number of anilines is 1. The zero-order chi connectivity index (χ0) is 19.9. The van der Waals surface area contributed by atoms with Crippen LogP contribution in [0.25, 0.3) is 0 Å². The van der Waals surface area contributed by atoms with Crippen molar-refractivity contribution in [3.63, 3.8) is 0 Å². The molecule has 148 valence electrons. The third kappa shape index (κ3) is 4.97. The van der Waals surface area contributed by atoms with Crippen molar-refractivity contribution in [2.75, 3.05) is 31.1 Å². The second kappa shape index (κ2) is 9.30. The van der Waals surface area contributed by atoms with Gasteiger partial charge >= 0.3 is 0 Å². The fourth-order valence-electron chi connectivity index (χ4n) is 3.55. The highest BCUT2D eigenvalue weighted by molar-refractivity contribution is 5.92. The first kappa shape index (κ1) is 19.1. The zero-order valence-electron chi connectivity index (χ0n) is 16.3. The van der Waals surface area contributed by atoms with Crippen LogP contribution in [0.3, 0.4) is 0 Å². The minimum Gasteiger partial charge on any atom is -0.353 e. The quantitative estimate of drug-likeness (QED) is 0.680. The Morgan fingerprint density at radius 2 is 1.90 bits per heavy atom. The van der Waals surface area contributed by atoms with Gasteiger partial charge in [0.1, 0.15) is 11.5 Å². The first-order valence-corrected chi connectivity index (χ1v) is 9.97. The molecule has 1 atom stereocenters. The zero-order valence-corrected chi connectivity index (χ0v) is 16.3. The lowest BCUT2D eigenvalue weighted by atomic mass is 10.0. The molecule has 1 fully saturated rings. The monoisotopic (exact) mass is 387 g/mol. The number of nitrogens with one attached hydrogen (secondary N) is 2. The standard InChI is InChI=1S/C23H25N5O/c29-23(26-14-11-18-9-12-24-13-10-18)20-7-4-8-22(27-20)28-16-15-25-21(17-28)19-5-2-1-3-6-19/h1-10,12-13,21,25H,11,14-17H2,(H,26,29)/t21-/m1/s1. The Morgan fingerprint density at radius 1 is 1.07 bits per heavy atom. The molecule has 0 radical (unpaired) electrons. The van der Waals surface area contributed by atoms with Gasteiger partial charge < -0.3 is 15.5 Å². The van der Waals surface area contributed by atoms with Crippen molar-refractivity contribution in [3.8, 4) is 0 Å². The van der Waals surface area contributed by atoms with Crippen LogP contribution in [0.5, 0.6) is 0 Å². The highest BCUT2D eigenvalue weighted by Crippen LogP contribution is 2.21. The van der Waals surface area contributed by atoms with Crippen LogP contribution >= 0.6 is 0 Å². The Hall–Kier alpha value is -3.25. The summed E-state index contributed by atoms with van der Waals surface area (Å²) in [5.74, 6) is 0.699. The molecule has 0 bridgehead atoms. The van der Waals surface area contributed by atoms with Crippen LogP contribution in [0.2, 0.25) is 0 Å². The molecule has 1 amide bonds. The van der Waals surface area contributed by atoms with Gasteiger partial charge in [0, 0.05) is 44.6 Å². The van der Waals surface area contributed by atoms with E-state index in [2.05, 4.69) is 49.8 Å². The number of benzene rings is 1. The van der Waals surface area contributed by atoms with E-state index in [1.165, 1.54) is 5.56 Å². The summed E-state index contributed by atoms with van der Waals surface area (Å²) in [7, 11) is 0. The number of piperazine rings is 1. The van der Waals surface area contributed by atoms with Gasteiger partial charge in [-0.25, -0.2) is 4.98 Å². The van der Waals surface area contributed by atoms with E-state index in [0.717, 1.165) is 37.4 Å². The SMILES string of the molecule is O=C(NCCc1ccncc1)c1cccc(N2CCN[C@@H](c3ccccc3)C2)n1. The molecule has 1 aromatic carbocycles. The van der Waals surface area contributed by atoms with Crippen molar-refractivity contribution >= 4 is 11.7 Å². The van der Waals surface area contributed by atoms with Crippen LogP contribution in [0.1, 0.15) is 27.7 Å². The molecule has 0 unspecified atom stereocenters. The number of rotatable bonds is 6. The maximum atomic E-state index is 12.5. The van der Waals surface area contributed by atoms with Crippen LogP contribution < -0.4 is 15.5 Å². The summed E-state index contributed by atoms with van der Waals surface area (Å²) >= 11 is 0. The molecule has 3 aromatic rings. The number of aromatic nitrogens is 2. The predicted octanol–water partition coefficient (Wildman–Crippen LogP) is 2.60. The first-order chi connectivity index (χ1) is 14.3. The predicted molar refractivity (Wildman–Crippen MR) is 114 cm³/mol. The van der Waals surface area contributed by atoms with Gasteiger partial charge in [-0.1, -0.05) is 36.4 Å². The smallest absolute Gasteiger partial charge is 0.269 e. The second-order valence-electron chi connectivity index (χ2n) is 7.11. The number of hydrogen-bond acceptors (Lipinski definition) is 5. The molecule has 3 heterocycles. The van der Waals surface area contributed by atoms with E-state index >= 15 is 0 Å². The van der Waals surface area contributed by atoms with E-state index in [9.17, 15) is 4.79 Å². The lowest BCUT2D eigenvalue weighted by Gasteiger charge is -2.34. The number of carbonyl (C=O) groups is 1. The van der Waals surface area contributed by atoms with E-state index in [1.807, 2.05) is 30.3 Å². The van der Waals surface area contributed by atoms with E-state index in [0.29, 0.717) is 12.2 Å². The topological polar surface area (TPSA) is 70.2 Å². The Kier molecular flexibility index (Phi) is 6.12. The van der Waals surface area contributed by atoms with Crippen molar-refractivity contribution < 1.29 is 4.79 Å². The largest absolute Gasteiger partial charge is 0.353 e. The second-order valence-corrected chi connectivity index (χ2v) is 7.11. The fraction of sp³-hybridized carbons (Fsp3) is 0.261. The van der Waals surface area contributed by atoms with E-state index in [1.54, 1.807) is 18.5 Å². The number of amides is 1. The molecule has 0 saturated carbocycles. The van der Waals surface area contributed by atoms with Crippen LogP contribution in [0.4, 0.5) is 5.82 Å². The molecule has 1 aliphatic heterocycles. The van der Waals surface area contributed by atoms with Gasteiger partial charge in [0.15, 0.2) is 0 Å². The summed E-state index contributed by atoms with van der Waals surface area (Å²) in [6.07, 6.45) is 4.29. The first-order valence-electron chi connectivity index (χ1n) is 9.97. The fourth-order valence-corrected chi connectivity index (χ4v) is 3.55. The third-order valence-corrected chi connectivity index (χ3v) is 5.12. The molecule has 1 aliphatic rings. The molecule has 1 saturated heterocycles. The Balaban J connectivity index is 1.38. The van der Waals surface area contributed by atoms with Gasteiger partial charge in [0.05, 0.1) is 0 Å². The van der Waals surface area contributed by atoms with Gasteiger partial charge in [0.25, 0.3) is 5.91 Å². The maximum absolute atomic E-state index is 12.5. The van der Waals surface area contributed by atoms with E-state index in [-0.39, 0.29) is 11.9 Å². The number of hydrogen-bond donors (Lipinski definition) is 2. The van der Waals surface area contributed by atoms with Crippen LogP contribution in [0, 0.1) is 0 Å². The molecule has 0 spiro atoms. The summed E-state index contributed by atoms with van der Waals surface area (Å²) in [5, 5.41) is 6.52. The average molecular weight is 387 g/mol.